The topological polar surface area (TPSA) is 130 Å². The molecule has 2 fully saturated rings. The number of amides is 2. The standard InChI is InChI=1S/C16H28O5.C4H5NO2/c17-14(18)9-7-5-3-1-2-4-6-8-10-16(20)11-12-21-15(19)13-16;6-3-1-2-4(7)5-3/h20H,1-13H2,(H,17,18);1-2H2,(H,5,6,7). The Bertz CT molecular complexity index is 521. The van der Waals surface area contributed by atoms with Crippen LogP contribution in [0, 0.1) is 0 Å². The van der Waals surface area contributed by atoms with Crippen LogP contribution in [0.5, 0.6) is 0 Å². The molecule has 2 heterocycles. The third-order valence-electron chi connectivity index (χ3n) is 4.94. The molecule has 8 heteroatoms. The highest BCUT2D eigenvalue weighted by atomic mass is 16.5. The number of aliphatic hydroxyl groups is 1. The number of cyclic esters (lactones) is 1. The summed E-state index contributed by atoms with van der Waals surface area (Å²) in [5, 5.41) is 20.9. The van der Waals surface area contributed by atoms with Gasteiger partial charge in [0.25, 0.3) is 0 Å². The summed E-state index contributed by atoms with van der Waals surface area (Å²) in [6.07, 6.45) is 10.7. The molecule has 160 valence electrons. The van der Waals surface area contributed by atoms with Crippen LogP contribution in [-0.4, -0.2) is 46.2 Å². The molecular formula is C20H33NO7. The molecule has 0 saturated carbocycles. The quantitative estimate of drug-likeness (QED) is 0.276. The van der Waals surface area contributed by atoms with Gasteiger partial charge in [0.05, 0.1) is 18.6 Å². The van der Waals surface area contributed by atoms with Crippen molar-refractivity contribution in [1.82, 2.24) is 5.32 Å². The smallest absolute Gasteiger partial charge is 0.308 e. The summed E-state index contributed by atoms with van der Waals surface area (Å²) < 4.78 is 4.84. The molecule has 0 radical (unpaired) electrons. The number of hydrogen-bond donors (Lipinski definition) is 3. The molecule has 0 aromatic rings. The van der Waals surface area contributed by atoms with Crippen LogP contribution in [-0.2, 0) is 23.9 Å². The van der Waals surface area contributed by atoms with Gasteiger partial charge in [-0.1, -0.05) is 44.9 Å². The van der Waals surface area contributed by atoms with E-state index < -0.39 is 11.6 Å². The second kappa shape index (κ2) is 13.3. The molecule has 0 bridgehead atoms. The second-order valence-corrected chi connectivity index (χ2v) is 7.57. The third-order valence-corrected chi connectivity index (χ3v) is 4.94. The van der Waals surface area contributed by atoms with Crippen molar-refractivity contribution in [2.45, 2.75) is 95.5 Å². The number of hydrogen-bond acceptors (Lipinski definition) is 6. The maximum atomic E-state index is 11.2. The van der Waals surface area contributed by atoms with E-state index in [9.17, 15) is 24.3 Å². The number of imide groups is 1. The summed E-state index contributed by atoms with van der Waals surface area (Å²) in [6.45, 7) is 0.339. The van der Waals surface area contributed by atoms with E-state index in [4.69, 9.17) is 9.84 Å². The van der Waals surface area contributed by atoms with Crippen molar-refractivity contribution in [3.05, 3.63) is 0 Å². The lowest BCUT2D eigenvalue weighted by atomic mass is 9.88. The first kappa shape index (κ1) is 24.1. The van der Waals surface area contributed by atoms with Gasteiger partial charge in [-0.3, -0.25) is 24.5 Å². The van der Waals surface area contributed by atoms with E-state index in [1.165, 1.54) is 0 Å². The fraction of sp³-hybridized carbons (Fsp3) is 0.800. The van der Waals surface area contributed by atoms with Crippen molar-refractivity contribution in [1.29, 1.82) is 0 Å². The number of carbonyl (C=O) groups excluding carboxylic acids is 3. The minimum absolute atomic E-state index is 0.135. The lowest BCUT2D eigenvalue weighted by Crippen LogP contribution is -2.38. The van der Waals surface area contributed by atoms with E-state index in [0.29, 0.717) is 32.3 Å². The molecule has 2 aliphatic rings. The minimum Gasteiger partial charge on any atom is -0.481 e. The summed E-state index contributed by atoms with van der Waals surface area (Å²) in [6, 6.07) is 0. The second-order valence-electron chi connectivity index (χ2n) is 7.57. The van der Waals surface area contributed by atoms with Crippen molar-refractivity contribution in [2.24, 2.45) is 0 Å². The molecule has 0 spiro atoms. The summed E-state index contributed by atoms with van der Waals surface area (Å²) in [5.41, 5.74) is -0.841. The SMILES string of the molecule is O=C(O)CCCCCCCCCCC1(O)CCOC(=O)C1.O=C1CCC(=O)N1. The Labute approximate surface area is 166 Å². The van der Waals surface area contributed by atoms with E-state index in [1.807, 2.05) is 0 Å². The summed E-state index contributed by atoms with van der Waals surface area (Å²) >= 11 is 0. The maximum absolute atomic E-state index is 11.2. The Morgan fingerprint density at radius 1 is 0.929 bits per heavy atom. The van der Waals surface area contributed by atoms with Crippen LogP contribution >= 0.6 is 0 Å². The maximum Gasteiger partial charge on any atom is 0.308 e. The molecule has 2 saturated heterocycles. The molecule has 1 atom stereocenters. The normalized spacial score (nSPS) is 21.5. The van der Waals surface area contributed by atoms with E-state index in [0.717, 1.165) is 51.4 Å². The highest BCUT2D eigenvalue weighted by Gasteiger charge is 2.33. The zero-order valence-electron chi connectivity index (χ0n) is 16.5. The van der Waals surface area contributed by atoms with Crippen LogP contribution < -0.4 is 5.32 Å². The predicted octanol–water partition coefficient (Wildman–Crippen LogP) is 2.46. The minimum atomic E-state index is -0.841. The first-order chi connectivity index (χ1) is 13.3. The summed E-state index contributed by atoms with van der Waals surface area (Å²) in [4.78, 5) is 41.7. The van der Waals surface area contributed by atoms with E-state index in [2.05, 4.69) is 5.32 Å². The number of esters is 1. The van der Waals surface area contributed by atoms with E-state index in [-0.39, 0.29) is 30.6 Å². The molecule has 2 amide bonds. The van der Waals surface area contributed by atoms with Gasteiger partial charge in [-0.2, -0.15) is 0 Å². The van der Waals surface area contributed by atoms with Crippen molar-refractivity contribution < 1.29 is 34.1 Å². The van der Waals surface area contributed by atoms with Gasteiger partial charge in [-0.05, 0) is 12.8 Å². The number of carbonyl (C=O) groups is 4. The molecule has 1 unspecified atom stereocenters. The number of carboxylic acids is 1. The number of rotatable bonds is 11. The Morgan fingerprint density at radius 2 is 1.46 bits per heavy atom. The fourth-order valence-electron chi connectivity index (χ4n) is 3.27. The van der Waals surface area contributed by atoms with Gasteiger partial charge < -0.3 is 14.9 Å². The summed E-state index contributed by atoms with van der Waals surface area (Å²) in [7, 11) is 0. The highest BCUT2D eigenvalue weighted by molar-refractivity contribution is 6.01. The molecule has 2 aliphatic heterocycles. The molecule has 8 nitrogen and oxygen atoms in total. The molecule has 3 N–H and O–H groups in total. The monoisotopic (exact) mass is 399 g/mol. The van der Waals surface area contributed by atoms with Gasteiger partial charge in [0.1, 0.15) is 0 Å². The molecule has 28 heavy (non-hydrogen) atoms. The van der Waals surface area contributed by atoms with Gasteiger partial charge >= 0.3 is 11.9 Å². The first-order valence-electron chi connectivity index (χ1n) is 10.2. The molecule has 0 aromatic carbocycles. The number of nitrogens with one attached hydrogen (secondary N) is 1. The Hall–Kier alpha value is -1.96. The zero-order valence-corrected chi connectivity index (χ0v) is 16.5. The zero-order chi connectivity index (χ0) is 20.8. The van der Waals surface area contributed by atoms with Crippen LogP contribution in [0.2, 0.25) is 0 Å². The van der Waals surface area contributed by atoms with Gasteiger partial charge in [0, 0.05) is 25.7 Å². The molecule has 2 rings (SSSR count). The largest absolute Gasteiger partial charge is 0.481 e. The average Bonchev–Trinajstić information content (AvgIpc) is 2.99. The van der Waals surface area contributed by atoms with Crippen molar-refractivity contribution in [2.75, 3.05) is 6.61 Å². The van der Waals surface area contributed by atoms with Crippen molar-refractivity contribution in [3.8, 4) is 0 Å². The Morgan fingerprint density at radius 3 is 1.93 bits per heavy atom. The number of ether oxygens (including phenoxy) is 1. The van der Waals surface area contributed by atoms with E-state index >= 15 is 0 Å². The number of carboxylic acid groups (broad SMARTS) is 1. The Balaban J connectivity index is 0.000000467. The van der Waals surface area contributed by atoms with Gasteiger partial charge in [-0.25, -0.2) is 0 Å². The fourth-order valence-corrected chi connectivity index (χ4v) is 3.27. The van der Waals surface area contributed by atoms with E-state index in [1.54, 1.807) is 0 Å². The van der Waals surface area contributed by atoms with Gasteiger partial charge in [0.15, 0.2) is 0 Å². The Kier molecular flexibility index (Phi) is 11.4. The third kappa shape index (κ3) is 11.7. The van der Waals surface area contributed by atoms with Gasteiger partial charge in [0.2, 0.25) is 11.8 Å². The van der Waals surface area contributed by atoms with Crippen molar-refractivity contribution in [3.63, 3.8) is 0 Å². The van der Waals surface area contributed by atoms with Crippen LogP contribution in [0.25, 0.3) is 0 Å². The first-order valence-corrected chi connectivity index (χ1v) is 10.2. The van der Waals surface area contributed by atoms with Crippen molar-refractivity contribution >= 4 is 23.8 Å². The summed E-state index contributed by atoms with van der Waals surface area (Å²) in [5.74, 6) is -1.29. The average molecular weight is 399 g/mol. The van der Waals surface area contributed by atoms with Gasteiger partial charge in [-0.15, -0.1) is 0 Å². The molecular weight excluding hydrogens is 366 g/mol. The lowest BCUT2D eigenvalue weighted by Gasteiger charge is -2.30. The predicted molar refractivity (Wildman–Crippen MR) is 101 cm³/mol. The molecule has 0 aromatic heterocycles. The lowest BCUT2D eigenvalue weighted by molar-refractivity contribution is -0.160. The van der Waals surface area contributed by atoms with Crippen LogP contribution in [0.3, 0.4) is 0 Å². The number of unbranched alkanes of at least 4 members (excludes halogenated alkanes) is 7. The number of aliphatic carboxylic acids is 1. The molecule has 0 aliphatic carbocycles. The van der Waals surface area contributed by atoms with Crippen LogP contribution in [0.1, 0.15) is 89.9 Å². The van der Waals surface area contributed by atoms with Crippen LogP contribution in [0.4, 0.5) is 0 Å². The highest BCUT2D eigenvalue weighted by Crippen LogP contribution is 2.27. The van der Waals surface area contributed by atoms with Crippen LogP contribution in [0.15, 0.2) is 0 Å².